The van der Waals surface area contributed by atoms with E-state index in [0.717, 1.165) is 5.56 Å². The summed E-state index contributed by atoms with van der Waals surface area (Å²) >= 11 is 0. The van der Waals surface area contributed by atoms with Gasteiger partial charge in [-0.15, -0.1) is 0 Å². The summed E-state index contributed by atoms with van der Waals surface area (Å²) in [4.78, 5) is 52.6. The quantitative estimate of drug-likeness (QED) is 0.343. The van der Waals surface area contributed by atoms with Crippen LogP contribution in [0.2, 0.25) is 0 Å². The standard InChI is InChI=1S/C32H44N4O7/c1-20(2)24-19-43-25-12-8-7-11-22(25)29(38)34-23(14-16-28(37)36-32(3,4)31(40)35-24)30(39)33-17-9-10-21-13-15-26(41-5)27(18-21)42-6/h7-8,11-13,15,18,20,23-24H,9-10,14,16-17,19H2,1-6H3,(H,33,39)(H,34,38)(H,35,40)(H,36,37)/t23-,24-/m0/s1. The van der Waals surface area contributed by atoms with Gasteiger partial charge >= 0.3 is 0 Å². The first kappa shape index (κ1) is 33.2. The van der Waals surface area contributed by atoms with Crippen LogP contribution in [0.15, 0.2) is 42.5 Å². The number of amides is 4. The van der Waals surface area contributed by atoms with Gasteiger partial charge in [0.1, 0.15) is 23.9 Å². The van der Waals surface area contributed by atoms with E-state index < -0.39 is 29.3 Å². The lowest BCUT2D eigenvalue weighted by Gasteiger charge is -2.30. The van der Waals surface area contributed by atoms with E-state index in [0.29, 0.717) is 36.6 Å². The van der Waals surface area contributed by atoms with Crippen molar-refractivity contribution in [3.8, 4) is 17.2 Å². The summed E-state index contributed by atoms with van der Waals surface area (Å²) in [6.45, 7) is 7.61. The molecule has 4 amide bonds. The summed E-state index contributed by atoms with van der Waals surface area (Å²) in [6.07, 6.45) is 1.28. The van der Waals surface area contributed by atoms with Crippen molar-refractivity contribution < 1.29 is 33.4 Å². The van der Waals surface area contributed by atoms with Crippen LogP contribution in [0.4, 0.5) is 0 Å². The minimum Gasteiger partial charge on any atom is -0.493 e. The topological polar surface area (TPSA) is 144 Å². The number of para-hydroxylation sites is 1. The van der Waals surface area contributed by atoms with E-state index in [1.165, 1.54) is 0 Å². The Kier molecular flexibility index (Phi) is 11.8. The monoisotopic (exact) mass is 596 g/mol. The summed E-state index contributed by atoms with van der Waals surface area (Å²) in [6, 6.07) is 11.0. The second-order valence-electron chi connectivity index (χ2n) is 11.5. The van der Waals surface area contributed by atoms with Gasteiger partial charge in [-0.2, -0.15) is 0 Å². The van der Waals surface area contributed by atoms with Gasteiger partial charge in [0.15, 0.2) is 11.5 Å². The van der Waals surface area contributed by atoms with Gasteiger partial charge in [-0.25, -0.2) is 0 Å². The average molecular weight is 597 g/mol. The van der Waals surface area contributed by atoms with Gasteiger partial charge < -0.3 is 35.5 Å². The molecule has 0 unspecified atom stereocenters. The number of fused-ring (bicyclic) bond motifs is 1. The number of ether oxygens (including phenoxy) is 3. The normalized spacial score (nSPS) is 19.4. The minimum absolute atomic E-state index is 0.0203. The van der Waals surface area contributed by atoms with Gasteiger partial charge in [-0.05, 0) is 68.9 Å². The molecule has 0 bridgehead atoms. The lowest BCUT2D eigenvalue weighted by atomic mass is 10.00. The number of hydrogen-bond donors (Lipinski definition) is 4. The Hall–Kier alpha value is -4.28. The maximum absolute atomic E-state index is 13.4. The molecule has 0 aromatic heterocycles. The molecule has 2 aromatic rings. The van der Waals surface area contributed by atoms with Crippen LogP contribution < -0.4 is 35.5 Å². The van der Waals surface area contributed by atoms with Crippen molar-refractivity contribution >= 4 is 23.6 Å². The highest BCUT2D eigenvalue weighted by Gasteiger charge is 2.33. The Balaban J connectivity index is 1.75. The number of carbonyl (C=O) groups is 4. The predicted octanol–water partition coefficient (Wildman–Crippen LogP) is 2.76. The van der Waals surface area contributed by atoms with Crippen molar-refractivity contribution in [3.63, 3.8) is 0 Å². The Bertz CT molecular complexity index is 1290. The van der Waals surface area contributed by atoms with Gasteiger partial charge in [-0.1, -0.05) is 32.0 Å². The third kappa shape index (κ3) is 9.36. The number of aryl methyl sites for hydroxylation is 1. The molecule has 234 valence electrons. The number of carbonyl (C=O) groups excluding carboxylic acids is 4. The summed E-state index contributed by atoms with van der Waals surface area (Å²) < 4.78 is 16.7. The Morgan fingerprint density at radius 3 is 2.47 bits per heavy atom. The van der Waals surface area contributed by atoms with Crippen molar-refractivity contribution in [2.24, 2.45) is 5.92 Å². The molecule has 4 N–H and O–H groups in total. The first-order valence-corrected chi connectivity index (χ1v) is 14.6. The van der Waals surface area contributed by atoms with Crippen molar-refractivity contribution in [2.75, 3.05) is 27.4 Å². The second-order valence-corrected chi connectivity index (χ2v) is 11.5. The van der Waals surface area contributed by atoms with E-state index >= 15 is 0 Å². The SMILES string of the molecule is COc1ccc(CCCNC(=O)[C@@H]2CCC(=O)NC(C)(C)C(=O)N[C@H](C(C)C)COc3ccccc3C(=O)N2)cc1OC. The van der Waals surface area contributed by atoms with Crippen LogP contribution in [0.3, 0.4) is 0 Å². The van der Waals surface area contributed by atoms with Crippen molar-refractivity contribution in [3.05, 3.63) is 53.6 Å². The molecule has 3 rings (SSSR count). The Morgan fingerprint density at radius 2 is 1.77 bits per heavy atom. The first-order chi connectivity index (χ1) is 20.4. The zero-order valence-corrected chi connectivity index (χ0v) is 25.9. The second kappa shape index (κ2) is 15.3. The molecule has 0 radical (unpaired) electrons. The maximum Gasteiger partial charge on any atom is 0.255 e. The molecular formula is C32H44N4O7. The molecule has 11 nitrogen and oxygen atoms in total. The summed E-state index contributed by atoms with van der Waals surface area (Å²) in [5, 5.41) is 11.4. The highest BCUT2D eigenvalue weighted by molar-refractivity contribution is 6.00. The van der Waals surface area contributed by atoms with E-state index in [1.807, 2.05) is 32.0 Å². The minimum atomic E-state index is -1.20. The molecule has 0 fully saturated rings. The third-order valence-electron chi connectivity index (χ3n) is 7.36. The first-order valence-electron chi connectivity index (χ1n) is 14.6. The molecule has 1 heterocycles. The number of hydrogen-bond acceptors (Lipinski definition) is 7. The zero-order valence-electron chi connectivity index (χ0n) is 25.9. The van der Waals surface area contributed by atoms with Gasteiger partial charge in [-0.3, -0.25) is 19.2 Å². The maximum atomic E-state index is 13.4. The fourth-order valence-corrected chi connectivity index (χ4v) is 4.62. The van der Waals surface area contributed by atoms with Crippen LogP contribution in [0.1, 0.15) is 62.9 Å². The molecule has 11 heteroatoms. The highest BCUT2D eigenvalue weighted by atomic mass is 16.5. The van der Waals surface area contributed by atoms with Crippen LogP contribution in [-0.2, 0) is 20.8 Å². The van der Waals surface area contributed by atoms with Crippen LogP contribution in [0, 0.1) is 5.92 Å². The predicted molar refractivity (Wildman–Crippen MR) is 162 cm³/mol. The molecular weight excluding hydrogens is 552 g/mol. The van der Waals surface area contributed by atoms with E-state index in [9.17, 15) is 19.2 Å². The average Bonchev–Trinajstić information content (AvgIpc) is 2.98. The van der Waals surface area contributed by atoms with Crippen LogP contribution in [0.5, 0.6) is 17.2 Å². The van der Waals surface area contributed by atoms with Crippen molar-refractivity contribution in [2.45, 2.75) is 71.0 Å². The number of benzene rings is 2. The number of rotatable bonds is 8. The van der Waals surface area contributed by atoms with Gasteiger partial charge in [0.2, 0.25) is 17.7 Å². The fraction of sp³-hybridized carbons (Fsp3) is 0.500. The molecule has 43 heavy (non-hydrogen) atoms. The zero-order chi connectivity index (χ0) is 31.6. The van der Waals surface area contributed by atoms with Crippen LogP contribution in [0.25, 0.3) is 0 Å². The van der Waals surface area contributed by atoms with Gasteiger partial charge in [0, 0.05) is 13.0 Å². The molecule has 2 aromatic carbocycles. The molecule has 0 aliphatic carbocycles. The molecule has 0 saturated carbocycles. The molecule has 1 aliphatic heterocycles. The van der Waals surface area contributed by atoms with Crippen LogP contribution in [-0.4, -0.2) is 68.6 Å². The molecule has 2 atom stereocenters. The van der Waals surface area contributed by atoms with E-state index in [-0.39, 0.29) is 42.9 Å². The molecule has 0 spiro atoms. The number of nitrogens with one attached hydrogen (secondary N) is 4. The Labute approximate surface area is 253 Å². The van der Waals surface area contributed by atoms with E-state index in [4.69, 9.17) is 14.2 Å². The van der Waals surface area contributed by atoms with Crippen LogP contribution >= 0.6 is 0 Å². The third-order valence-corrected chi connectivity index (χ3v) is 7.36. The van der Waals surface area contributed by atoms with E-state index in [2.05, 4.69) is 21.3 Å². The number of methoxy groups -OCH3 is 2. The summed E-state index contributed by atoms with van der Waals surface area (Å²) in [5.74, 6) is -0.0544. The van der Waals surface area contributed by atoms with Gasteiger partial charge in [0.05, 0.1) is 25.8 Å². The fourth-order valence-electron chi connectivity index (χ4n) is 4.62. The lowest BCUT2D eigenvalue weighted by molar-refractivity contribution is -0.133. The highest BCUT2D eigenvalue weighted by Crippen LogP contribution is 2.28. The largest absolute Gasteiger partial charge is 0.493 e. The van der Waals surface area contributed by atoms with E-state index in [1.54, 1.807) is 52.3 Å². The smallest absolute Gasteiger partial charge is 0.255 e. The van der Waals surface area contributed by atoms with Gasteiger partial charge in [0.25, 0.3) is 5.91 Å². The Morgan fingerprint density at radius 1 is 1.05 bits per heavy atom. The van der Waals surface area contributed by atoms with Crippen molar-refractivity contribution in [1.82, 2.24) is 21.3 Å². The molecule has 0 saturated heterocycles. The lowest BCUT2D eigenvalue weighted by Crippen LogP contribution is -2.58. The molecule has 1 aliphatic rings. The summed E-state index contributed by atoms with van der Waals surface area (Å²) in [7, 11) is 3.15. The van der Waals surface area contributed by atoms with Crippen molar-refractivity contribution in [1.29, 1.82) is 0 Å². The summed E-state index contributed by atoms with van der Waals surface area (Å²) in [5.41, 5.74) is 0.0731.